The molecule has 0 heterocycles. The van der Waals surface area contributed by atoms with Gasteiger partial charge in [-0.3, -0.25) is 4.79 Å². The first-order valence-corrected chi connectivity index (χ1v) is 7.69. The summed E-state index contributed by atoms with van der Waals surface area (Å²) in [6.07, 6.45) is 0. The molecule has 0 aliphatic heterocycles. The molecule has 4 N–H and O–H groups in total. The molecule has 0 aromatic rings. The number of phosphoric acid groups is 3. The molecule has 0 aromatic carbocycles. The fourth-order valence-corrected chi connectivity index (χ4v) is 3.52. The van der Waals surface area contributed by atoms with Crippen molar-refractivity contribution in [3.05, 3.63) is 0 Å². The van der Waals surface area contributed by atoms with Crippen LogP contribution in [0.5, 0.6) is 0 Å². The molecule has 0 saturated heterocycles. The molecule has 14 heteroatoms. The summed E-state index contributed by atoms with van der Waals surface area (Å²) >= 11 is 0. The van der Waals surface area contributed by atoms with E-state index in [0.717, 1.165) is 0 Å². The molecule has 0 rings (SSSR count). The van der Waals surface area contributed by atoms with Gasteiger partial charge in [-0.05, 0) is 0 Å². The minimum Gasteiger partial charge on any atom is -0.370 e. The maximum Gasteiger partial charge on any atom is 0.550 e. The van der Waals surface area contributed by atoms with Gasteiger partial charge >= 0.3 is 29.4 Å². The van der Waals surface area contributed by atoms with E-state index in [1.807, 2.05) is 0 Å². The average Bonchev–Trinajstić information content (AvgIpc) is 1.69. The largest absolute Gasteiger partial charge is 0.550 e. The normalized spacial score (nSPS) is 13.6. The summed E-state index contributed by atoms with van der Waals surface area (Å²) < 4.78 is 42.2. The van der Waals surface area contributed by atoms with E-state index >= 15 is 0 Å². The molecule has 0 atom stereocenters. The first-order chi connectivity index (χ1) is 6.83. The summed E-state index contributed by atoms with van der Waals surface area (Å²) in [4.78, 5) is 43.4. The summed E-state index contributed by atoms with van der Waals surface area (Å²) in [5, 5.41) is 0. The summed E-state index contributed by atoms with van der Waals surface area (Å²) in [6.45, 7) is 0.652. The van der Waals surface area contributed by atoms with Crippen LogP contribution in [0, 0.1) is 0 Å². The average molecular weight is 300 g/mol. The van der Waals surface area contributed by atoms with E-state index in [-0.39, 0.29) is 0 Å². The van der Waals surface area contributed by atoms with Crippen LogP contribution in [-0.2, 0) is 31.6 Å². The molecular formula is C2H7O11P3. The van der Waals surface area contributed by atoms with Crippen LogP contribution in [0.4, 0.5) is 0 Å². The van der Waals surface area contributed by atoms with Gasteiger partial charge in [0, 0.05) is 6.92 Å². The third kappa shape index (κ3) is 8.12. The Morgan fingerprint density at radius 2 is 1.25 bits per heavy atom. The summed E-state index contributed by atoms with van der Waals surface area (Å²) in [5.41, 5.74) is 0. The highest BCUT2D eigenvalue weighted by molar-refractivity contribution is 7.67. The van der Waals surface area contributed by atoms with Crippen molar-refractivity contribution in [1.82, 2.24) is 0 Å². The van der Waals surface area contributed by atoms with E-state index in [0.29, 0.717) is 6.92 Å². The van der Waals surface area contributed by atoms with Gasteiger partial charge in [0.15, 0.2) is 0 Å². The van der Waals surface area contributed by atoms with Crippen LogP contribution < -0.4 is 0 Å². The third-order valence-corrected chi connectivity index (χ3v) is 4.44. The molecule has 0 bridgehead atoms. The standard InChI is InChI=1S/C2H7O11P3/c1-2(3)11-16(10,12-14(4,5)6)13-15(7,8)9/h1H3,(H2,4,5,6)(H2,7,8,9). The van der Waals surface area contributed by atoms with Gasteiger partial charge in [-0.25, -0.2) is 13.7 Å². The maximum atomic E-state index is 11.2. The summed E-state index contributed by atoms with van der Waals surface area (Å²) in [5.74, 6) is -1.38. The summed E-state index contributed by atoms with van der Waals surface area (Å²) in [6, 6.07) is 0. The maximum absolute atomic E-state index is 11.2. The predicted molar refractivity (Wildman–Crippen MR) is 45.6 cm³/mol. The highest BCUT2D eigenvalue weighted by atomic mass is 31.3. The fraction of sp³-hybridized carbons (Fsp3) is 0.500. The Balaban J connectivity index is 5.05. The molecule has 0 fully saturated rings. The van der Waals surface area contributed by atoms with E-state index in [1.165, 1.54) is 0 Å². The molecule has 0 aromatic heterocycles. The van der Waals surface area contributed by atoms with Crippen molar-refractivity contribution in [3.63, 3.8) is 0 Å². The highest BCUT2D eigenvalue weighted by Crippen LogP contribution is 2.67. The summed E-state index contributed by atoms with van der Waals surface area (Å²) in [7, 11) is -16.3. The fourth-order valence-electron chi connectivity index (χ4n) is 0.466. The van der Waals surface area contributed by atoms with Crippen LogP contribution >= 0.6 is 23.5 Å². The lowest BCUT2D eigenvalue weighted by Crippen LogP contribution is -2.02. The number of hydrogen-bond acceptors (Lipinski definition) is 7. The van der Waals surface area contributed by atoms with Crippen molar-refractivity contribution in [1.29, 1.82) is 0 Å². The molecule has 0 saturated carbocycles. The number of carbonyl (C=O) groups excluding carboxylic acids is 1. The van der Waals surface area contributed by atoms with Gasteiger partial charge in [0.1, 0.15) is 0 Å². The van der Waals surface area contributed by atoms with E-state index in [4.69, 9.17) is 19.6 Å². The van der Waals surface area contributed by atoms with E-state index in [9.17, 15) is 18.5 Å². The van der Waals surface area contributed by atoms with Gasteiger partial charge in [-0.2, -0.15) is 8.62 Å². The first-order valence-electron chi connectivity index (χ1n) is 3.17. The lowest BCUT2D eigenvalue weighted by atomic mass is 10.9. The van der Waals surface area contributed by atoms with Gasteiger partial charge in [-0.15, -0.1) is 0 Å². The monoisotopic (exact) mass is 300 g/mol. The van der Waals surface area contributed by atoms with Gasteiger partial charge in [0.25, 0.3) is 0 Å². The Morgan fingerprint density at radius 1 is 0.938 bits per heavy atom. The molecule has 0 radical (unpaired) electrons. The molecule has 0 unspecified atom stereocenters. The smallest absolute Gasteiger partial charge is 0.370 e. The van der Waals surface area contributed by atoms with Crippen LogP contribution in [0.2, 0.25) is 0 Å². The van der Waals surface area contributed by atoms with Crippen molar-refractivity contribution >= 4 is 29.4 Å². The first kappa shape index (κ1) is 15.9. The van der Waals surface area contributed by atoms with Crippen molar-refractivity contribution in [2.75, 3.05) is 0 Å². The third-order valence-electron chi connectivity index (χ3n) is 0.653. The topological polar surface area (TPSA) is 177 Å². The minimum atomic E-state index is -5.44. The number of rotatable bonds is 5. The van der Waals surface area contributed by atoms with Crippen molar-refractivity contribution < 1.29 is 51.2 Å². The lowest BCUT2D eigenvalue weighted by molar-refractivity contribution is -0.132. The quantitative estimate of drug-likeness (QED) is 0.497. The molecule has 11 nitrogen and oxygen atoms in total. The zero-order valence-corrected chi connectivity index (χ0v) is 10.2. The van der Waals surface area contributed by atoms with Gasteiger partial charge in [0.2, 0.25) is 0 Å². The number of hydrogen-bond donors (Lipinski definition) is 4. The van der Waals surface area contributed by atoms with Gasteiger partial charge in [-0.1, -0.05) is 0 Å². The van der Waals surface area contributed by atoms with Crippen LogP contribution in [0.15, 0.2) is 0 Å². The predicted octanol–water partition coefficient (Wildman–Crippen LogP) is -0.124. The molecule has 0 amide bonds. The van der Waals surface area contributed by atoms with Crippen LogP contribution in [-0.4, -0.2) is 25.5 Å². The molecule has 0 aliphatic rings. The van der Waals surface area contributed by atoms with E-state index in [2.05, 4.69) is 13.1 Å². The van der Waals surface area contributed by atoms with Crippen molar-refractivity contribution in [2.24, 2.45) is 0 Å². The van der Waals surface area contributed by atoms with Gasteiger partial charge in [0.05, 0.1) is 0 Å². The molecular weight excluding hydrogens is 293 g/mol. The van der Waals surface area contributed by atoms with Crippen LogP contribution in [0.25, 0.3) is 0 Å². The van der Waals surface area contributed by atoms with Gasteiger partial charge < -0.3 is 24.1 Å². The second kappa shape index (κ2) is 5.05. The Hall–Kier alpha value is -0.0800. The minimum absolute atomic E-state index is 0.652. The van der Waals surface area contributed by atoms with Crippen molar-refractivity contribution in [2.45, 2.75) is 6.92 Å². The molecule has 16 heavy (non-hydrogen) atoms. The van der Waals surface area contributed by atoms with Crippen molar-refractivity contribution in [3.8, 4) is 0 Å². The zero-order chi connectivity index (χ0) is 13.2. The van der Waals surface area contributed by atoms with Crippen LogP contribution in [0.1, 0.15) is 6.92 Å². The van der Waals surface area contributed by atoms with E-state index in [1.54, 1.807) is 0 Å². The molecule has 96 valence electrons. The number of carbonyl (C=O) groups is 1. The Morgan fingerprint density at radius 3 is 1.44 bits per heavy atom. The Kier molecular flexibility index (Phi) is 5.03. The second-order valence-corrected chi connectivity index (χ2v) is 6.52. The zero-order valence-electron chi connectivity index (χ0n) is 7.49. The second-order valence-electron chi connectivity index (χ2n) is 2.17. The van der Waals surface area contributed by atoms with Crippen LogP contribution in [0.3, 0.4) is 0 Å². The SMILES string of the molecule is CC(=O)OP(=O)(OP(=O)(O)O)OP(=O)(O)O. The Bertz CT molecular complexity index is 369. The highest BCUT2D eigenvalue weighted by Gasteiger charge is 2.44. The van der Waals surface area contributed by atoms with E-state index < -0.39 is 29.4 Å². The Labute approximate surface area is 88.4 Å². The molecule has 0 aliphatic carbocycles. The molecule has 0 spiro atoms. The lowest BCUT2D eigenvalue weighted by Gasteiger charge is -2.16.